The smallest absolute Gasteiger partial charge is 0.219 e. The van der Waals surface area contributed by atoms with Crippen LogP contribution in [0, 0.1) is 0 Å². The standard InChI is InChI=1S/C16H25N3O/c1-2-16(20)18-13-14-6-5-7-15(12-14)17-8-11-19-9-3-4-10-19/h5-7,12,17H,2-4,8-11,13H2,1H3,(H,18,20). The Morgan fingerprint density at radius 1 is 1.30 bits per heavy atom. The third-order valence-corrected chi connectivity index (χ3v) is 3.69. The normalized spacial score (nSPS) is 15.2. The van der Waals surface area contributed by atoms with Crippen molar-refractivity contribution in [2.75, 3.05) is 31.5 Å². The Balaban J connectivity index is 1.75. The molecule has 1 fully saturated rings. The monoisotopic (exact) mass is 275 g/mol. The van der Waals surface area contributed by atoms with Crippen LogP contribution in [0.2, 0.25) is 0 Å². The summed E-state index contributed by atoms with van der Waals surface area (Å²) in [5.74, 6) is 0.0948. The Morgan fingerprint density at radius 3 is 2.85 bits per heavy atom. The number of rotatable bonds is 7. The summed E-state index contributed by atoms with van der Waals surface area (Å²) < 4.78 is 0. The number of carbonyl (C=O) groups excluding carboxylic acids is 1. The predicted molar refractivity (Wildman–Crippen MR) is 82.7 cm³/mol. The molecule has 0 radical (unpaired) electrons. The lowest BCUT2D eigenvalue weighted by molar-refractivity contribution is -0.120. The van der Waals surface area contributed by atoms with Gasteiger partial charge in [-0.2, -0.15) is 0 Å². The fourth-order valence-electron chi connectivity index (χ4n) is 2.48. The number of nitrogens with zero attached hydrogens (tertiary/aromatic N) is 1. The van der Waals surface area contributed by atoms with Crippen LogP contribution in [0.1, 0.15) is 31.7 Å². The molecule has 4 heteroatoms. The molecule has 110 valence electrons. The highest BCUT2D eigenvalue weighted by Gasteiger charge is 2.10. The summed E-state index contributed by atoms with van der Waals surface area (Å²) in [5.41, 5.74) is 2.27. The van der Waals surface area contributed by atoms with E-state index in [1.54, 1.807) is 0 Å². The van der Waals surface area contributed by atoms with E-state index >= 15 is 0 Å². The number of hydrogen-bond donors (Lipinski definition) is 2. The number of carbonyl (C=O) groups is 1. The lowest BCUT2D eigenvalue weighted by Crippen LogP contribution is -2.26. The molecular weight excluding hydrogens is 250 g/mol. The molecular formula is C16H25N3O. The number of anilines is 1. The van der Waals surface area contributed by atoms with Crippen LogP contribution in [0.15, 0.2) is 24.3 Å². The maximum atomic E-state index is 11.3. The molecule has 0 unspecified atom stereocenters. The lowest BCUT2D eigenvalue weighted by Gasteiger charge is -2.15. The van der Waals surface area contributed by atoms with Crippen LogP contribution in [0.5, 0.6) is 0 Å². The van der Waals surface area contributed by atoms with Gasteiger partial charge in [-0.25, -0.2) is 0 Å². The van der Waals surface area contributed by atoms with E-state index in [1.807, 2.05) is 19.1 Å². The van der Waals surface area contributed by atoms with E-state index in [9.17, 15) is 4.79 Å². The van der Waals surface area contributed by atoms with Gasteiger partial charge in [-0.1, -0.05) is 19.1 Å². The van der Waals surface area contributed by atoms with Gasteiger partial charge in [0.25, 0.3) is 0 Å². The first-order valence-electron chi connectivity index (χ1n) is 7.60. The maximum absolute atomic E-state index is 11.3. The predicted octanol–water partition coefficient (Wildman–Crippen LogP) is 2.22. The van der Waals surface area contributed by atoms with Crippen molar-refractivity contribution in [3.63, 3.8) is 0 Å². The van der Waals surface area contributed by atoms with Crippen molar-refractivity contribution in [3.05, 3.63) is 29.8 Å². The van der Waals surface area contributed by atoms with E-state index < -0.39 is 0 Å². The summed E-state index contributed by atoms with van der Waals surface area (Å²) in [6.07, 6.45) is 3.22. The number of benzene rings is 1. The van der Waals surface area contributed by atoms with Crippen LogP contribution >= 0.6 is 0 Å². The second-order valence-corrected chi connectivity index (χ2v) is 5.31. The number of amides is 1. The molecule has 4 nitrogen and oxygen atoms in total. The van der Waals surface area contributed by atoms with E-state index in [2.05, 4.69) is 27.7 Å². The highest BCUT2D eigenvalue weighted by atomic mass is 16.1. The fraction of sp³-hybridized carbons (Fsp3) is 0.562. The van der Waals surface area contributed by atoms with Gasteiger partial charge < -0.3 is 15.5 Å². The second kappa shape index (κ2) is 7.90. The van der Waals surface area contributed by atoms with Gasteiger partial charge in [0.05, 0.1) is 0 Å². The molecule has 2 N–H and O–H groups in total. The van der Waals surface area contributed by atoms with Gasteiger partial charge in [0.15, 0.2) is 0 Å². The first-order chi connectivity index (χ1) is 9.78. The van der Waals surface area contributed by atoms with Gasteiger partial charge in [0.1, 0.15) is 0 Å². The minimum absolute atomic E-state index is 0.0948. The summed E-state index contributed by atoms with van der Waals surface area (Å²) in [6.45, 7) is 7.04. The minimum Gasteiger partial charge on any atom is -0.384 e. The zero-order chi connectivity index (χ0) is 14.2. The molecule has 1 aliphatic heterocycles. The Hall–Kier alpha value is -1.55. The molecule has 0 bridgehead atoms. The van der Waals surface area contributed by atoms with Crippen LogP contribution < -0.4 is 10.6 Å². The van der Waals surface area contributed by atoms with Crippen molar-refractivity contribution in [1.29, 1.82) is 0 Å². The summed E-state index contributed by atoms with van der Waals surface area (Å²) in [5, 5.41) is 6.36. The van der Waals surface area contributed by atoms with Crippen molar-refractivity contribution in [2.24, 2.45) is 0 Å². The highest BCUT2D eigenvalue weighted by Crippen LogP contribution is 2.11. The molecule has 1 amide bonds. The Labute approximate surface area is 121 Å². The van der Waals surface area contributed by atoms with E-state index in [0.29, 0.717) is 13.0 Å². The first kappa shape index (κ1) is 14.9. The van der Waals surface area contributed by atoms with Gasteiger partial charge >= 0.3 is 0 Å². The summed E-state index contributed by atoms with van der Waals surface area (Å²) in [6, 6.07) is 8.27. The summed E-state index contributed by atoms with van der Waals surface area (Å²) in [4.78, 5) is 13.8. The van der Waals surface area contributed by atoms with Crippen LogP contribution in [-0.4, -0.2) is 37.0 Å². The lowest BCUT2D eigenvalue weighted by atomic mass is 10.2. The zero-order valence-corrected chi connectivity index (χ0v) is 12.3. The summed E-state index contributed by atoms with van der Waals surface area (Å²) in [7, 11) is 0. The maximum Gasteiger partial charge on any atom is 0.219 e. The zero-order valence-electron chi connectivity index (χ0n) is 12.3. The molecule has 1 aromatic rings. The molecule has 0 aromatic heterocycles. The van der Waals surface area contributed by atoms with E-state index in [0.717, 1.165) is 24.3 Å². The molecule has 1 heterocycles. The molecule has 1 aromatic carbocycles. The third kappa shape index (κ3) is 4.85. The SMILES string of the molecule is CCC(=O)NCc1cccc(NCCN2CCCC2)c1. The molecule has 0 spiro atoms. The van der Waals surface area contributed by atoms with Crippen LogP contribution in [0.3, 0.4) is 0 Å². The van der Waals surface area contributed by atoms with Crippen molar-refractivity contribution in [3.8, 4) is 0 Å². The first-order valence-corrected chi connectivity index (χ1v) is 7.60. The minimum atomic E-state index is 0.0948. The van der Waals surface area contributed by atoms with Crippen LogP contribution in [0.4, 0.5) is 5.69 Å². The average molecular weight is 275 g/mol. The van der Waals surface area contributed by atoms with Gasteiger partial charge in [-0.05, 0) is 43.6 Å². The van der Waals surface area contributed by atoms with Crippen LogP contribution in [-0.2, 0) is 11.3 Å². The quantitative estimate of drug-likeness (QED) is 0.802. The van der Waals surface area contributed by atoms with E-state index in [1.165, 1.54) is 25.9 Å². The number of likely N-dealkylation sites (tertiary alicyclic amines) is 1. The topological polar surface area (TPSA) is 44.4 Å². The molecule has 20 heavy (non-hydrogen) atoms. The molecule has 0 aliphatic carbocycles. The van der Waals surface area contributed by atoms with Gasteiger partial charge in [-0.3, -0.25) is 4.79 Å². The van der Waals surface area contributed by atoms with Gasteiger partial charge in [-0.15, -0.1) is 0 Å². The van der Waals surface area contributed by atoms with Crippen molar-refractivity contribution in [2.45, 2.75) is 32.7 Å². The number of nitrogens with one attached hydrogen (secondary N) is 2. The highest BCUT2D eigenvalue weighted by molar-refractivity contribution is 5.75. The average Bonchev–Trinajstić information content (AvgIpc) is 2.98. The largest absolute Gasteiger partial charge is 0.384 e. The molecule has 1 saturated heterocycles. The Bertz CT molecular complexity index is 427. The fourth-order valence-corrected chi connectivity index (χ4v) is 2.48. The van der Waals surface area contributed by atoms with E-state index in [-0.39, 0.29) is 5.91 Å². The van der Waals surface area contributed by atoms with Gasteiger partial charge in [0, 0.05) is 31.7 Å². The Morgan fingerprint density at radius 2 is 2.10 bits per heavy atom. The molecule has 0 saturated carbocycles. The van der Waals surface area contributed by atoms with Crippen molar-refractivity contribution in [1.82, 2.24) is 10.2 Å². The molecule has 2 rings (SSSR count). The van der Waals surface area contributed by atoms with E-state index in [4.69, 9.17) is 0 Å². The molecule has 1 aliphatic rings. The molecule has 0 atom stereocenters. The number of hydrogen-bond acceptors (Lipinski definition) is 3. The second-order valence-electron chi connectivity index (χ2n) is 5.31. The summed E-state index contributed by atoms with van der Waals surface area (Å²) >= 11 is 0. The van der Waals surface area contributed by atoms with Crippen molar-refractivity contribution >= 4 is 11.6 Å². The van der Waals surface area contributed by atoms with Gasteiger partial charge in [0.2, 0.25) is 5.91 Å². The van der Waals surface area contributed by atoms with Crippen molar-refractivity contribution < 1.29 is 4.79 Å². The van der Waals surface area contributed by atoms with Crippen LogP contribution in [0.25, 0.3) is 0 Å². The Kier molecular flexibility index (Phi) is 5.87. The third-order valence-electron chi connectivity index (χ3n) is 3.69.